The molecule has 0 spiro atoms. The Labute approximate surface area is 650 Å². The minimum atomic E-state index is -0.219. The van der Waals surface area contributed by atoms with Crippen molar-refractivity contribution < 1.29 is 19.2 Å². The Hall–Kier alpha value is -5.20. The summed E-state index contributed by atoms with van der Waals surface area (Å²) in [5.74, 6) is 0.648. The van der Waals surface area contributed by atoms with Crippen LogP contribution in [0.5, 0.6) is 0 Å². The predicted molar refractivity (Wildman–Crippen MR) is 458 cm³/mol. The molecule has 6 nitrogen and oxygen atoms in total. The van der Waals surface area contributed by atoms with Crippen molar-refractivity contribution >= 4 is 170 Å². The average Bonchev–Trinajstić information content (AvgIpc) is 1.57. The lowest BCUT2D eigenvalue weighted by Crippen LogP contribution is -2.31. The molecule has 0 bridgehead atoms. The van der Waals surface area contributed by atoms with E-state index in [-0.39, 0.29) is 23.6 Å². The summed E-state index contributed by atoms with van der Waals surface area (Å²) >= 11 is 15.8. The maximum atomic E-state index is 15.5. The Bertz CT molecular complexity index is 4410. The number of amides is 4. The third kappa shape index (κ3) is 18.3. The van der Waals surface area contributed by atoms with Crippen LogP contribution in [0.3, 0.4) is 0 Å². The van der Waals surface area contributed by atoms with Gasteiger partial charge < -0.3 is 0 Å². The first-order valence-electron chi connectivity index (χ1n) is 39.2. The number of fused-ring (bicyclic) bond motifs is 4. The van der Waals surface area contributed by atoms with Crippen LogP contribution in [-0.2, 0) is 12.8 Å². The molecule has 4 amide bonds. The van der Waals surface area contributed by atoms with Gasteiger partial charge in [0.25, 0.3) is 23.6 Å². The van der Waals surface area contributed by atoms with E-state index in [9.17, 15) is 9.59 Å². The minimum absolute atomic E-state index is 0.181. The van der Waals surface area contributed by atoms with Crippen molar-refractivity contribution in [3.63, 3.8) is 0 Å². The molecule has 9 aromatic heterocycles. The van der Waals surface area contributed by atoms with Crippen molar-refractivity contribution in [2.45, 2.75) is 248 Å². The highest BCUT2D eigenvalue weighted by Crippen LogP contribution is 2.57. The molecule has 0 saturated heterocycles. The molecule has 2 atom stereocenters. The van der Waals surface area contributed by atoms with Gasteiger partial charge in [-0.15, -0.1) is 102 Å². The van der Waals surface area contributed by atoms with E-state index in [1.165, 1.54) is 227 Å². The number of hydrogen-bond acceptors (Lipinski definition) is 13. The molecule has 1 aromatic carbocycles. The molecule has 12 rings (SSSR count). The third-order valence-corrected chi connectivity index (χ3v) is 31.6. The maximum absolute atomic E-state index is 15.5. The molecular weight excluding hydrogens is 1440 g/mol. The molecule has 0 N–H and O–H groups in total. The van der Waals surface area contributed by atoms with Gasteiger partial charge in [-0.2, -0.15) is 0 Å². The van der Waals surface area contributed by atoms with E-state index in [1.54, 1.807) is 38.9 Å². The van der Waals surface area contributed by atoms with Crippen LogP contribution in [0.15, 0.2) is 72.8 Å². The fourth-order valence-electron chi connectivity index (χ4n) is 15.2. The van der Waals surface area contributed by atoms with Crippen LogP contribution >= 0.6 is 102 Å². The van der Waals surface area contributed by atoms with E-state index in [0.717, 1.165) is 103 Å². The number of nitrogens with zero attached hydrogens (tertiary/aromatic N) is 2. The van der Waals surface area contributed by atoms with Crippen molar-refractivity contribution in [3.8, 4) is 50.1 Å². The minimum Gasteiger partial charge on any atom is -0.274 e. The largest absolute Gasteiger partial charge is 0.274 e. The Kier molecular flexibility index (Phi) is 28.2. The van der Waals surface area contributed by atoms with Crippen LogP contribution in [0.25, 0.3) is 94.6 Å². The monoisotopic (exact) mass is 1540 g/mol. The summed E-state index contributed by atoms with van der Waals surface area (Å²) in [6.45, 7) is 18.8. The van der Waals surface area contributed by atoms with Gasteiger partial charge in [-0.05, 0) is 148 Å². The van der Waals surface area contributed by atoms with Crippen LogP contribution in [0.4, 0.5) is 0 Å². The molecule has 546 valence electrons. The molecule has 2 aliphatic rings. The fourth-order valence-corrected chi connectivity index (χ4v) is 25.5. The Morgan fingerprint density at radius 2 is 0.699 bits per heavy atom. The summed E-state index contributed by atoms with van der Waals surface area (Å²) < 4.78 is 2.43. The van der Waals surface area contributed by atoms with Crippen LogP contribution in [0, 0.1) is 25.7 Å². The summed E-state index contributed by atoms with van der Waals surface area (Å²) in [6.07, 6.45) is 45.0. The Balaban J connectivity index is 0.908. The number of carbonyl (C=O) groups excluding carboxylic acids is 4. The fraction of sp³-hybridized carbons (Fsp3) is 0.477. The number of imide groups is 2. The van der Waals surface area contributed by atoms with Crippen molar-refractivity contribution in [2.24, 2.45) is 11.8 Å². The predicted octanol–water partition coefficient (Wildman–Crippen LogP) is 30.4. The zero-order valence-electron chi connectivity index (χ0n) is 62.2. The van der Waals surface area contributed by atoms with Gasteiger partial charge in [0, 0.05) is 108 Å². The van der Waals surface area contributed by atoms with Gasteiger partial charge >= 0.3 is 0 Å². The second kappa shape index (κ2) is 37.6. The topological polar surface area (TPSA) is 74.8 Å². The number of benzene rings is 1. The number of carbonyl (C=O) groups is 4. The van der Waals surface area contributed by atoms with E-state index < -0.39 is 0 Å². The van der Waals surface area contributed by atoms with Gasteiger partial charge in [-0.3, -0.25) is 29.0 Å². The van der Waals surface area contributed by atoms with Gasteiger partial charge in [-0.1, -0.05) is 208 Å². The summed E-state index contributed by atoms with van der Waals surface area (Å²) in [4.78, 5) is 80.3. The van der Waals surface area contributed by atoms with E-state index in [2.05, 4.69) is 146 Å². The summed E-state index contributed by atoms with van der Waals surface area (Å²) in [5, 5.41) is 2.39. The standard InChI is InChI=1S/C88H106N2O4S9/c1-9-15-19-21-23-25-27-29-31-33-51-89-85(91)74-58(8)96-82(77(74)86(89)92)71-49-50-72(101-71)83-78-79(88(94)90(87(78)93)52-34-32-30-28-26-24-22-20-16-10-2)84(103-83)73-56-68-76(70-48-46-64(100-70)40-38-62-42-44-66(98-62)55-60(14-6)36-18-12-4)80-67(53-57(7)95-80)75(81(68)102-73)69-47-45-63(99-69)39-37-61-41-43-65(97-61)54-59(13-5)35-17-11-3/h37-50,53,56,59-60H,9-36,51-52,54-55H2,1-8H3/b39-37+,40-38+. The van der Waals surface area contributed by atoms with Crippen molar-refractivity contribution in [1.82, 2.24) is 9.80 Å². The molecule has 2 unspecified atom stereocenters. The summed E-state index contributed by atoms with van der Waals surface area (Å²) in [6, 6.07) is 27.3. The highest BCUT2D eigenvalue weighted by molar-refractivity contribution is 7.31. The molecule has 103 heavy (non-hydrogen) atoms. The average molecular weight is 1540 g/mol. The zero-order valence-corrected chi connectivity index (χ0v) is 69.6. The van der Waals surface area contributed by atoms with Crippen molar-refractivity contribution in [3.05, 3.63) is 134 Å². The van der Waals surface area contributed by atoms with E-state index in [0.29, 0.717) is 35.3 Å². The van der Waals surface area contributed by atoms with Gasteiger partial charge in [0.1, 0.15) is 0 Å². The van der Waals surface area contributed by atoms with Crippen LogP contribution in [0.1, 0.15) is 302 Å². The second-order valence-electron chi connectivity index (χ2n) is 28.9. The van der Waals surface area contributed by atoms with Crippen molar-refractivity contribution in [1.29, 1.82) is 0 Å². The lowest BCUT2D eigenvalue weighted by Gasteiger charge is -2.14. The molecule has 2 aliphatic heterocycles. The first-order valence-corrected chi connectivity index (χ1v) is 46.5. The zero-order chi connectivity index (χ0) is 71.9. The number of unbranched alkanes of at least 4 members (excludes halogenated alkanes) is 20. The van der Waals surface area contributed by atoms with E-state index in [4.69, 9.17) is 0 Å². The lowest BCUT2D eigenvalue weighted by atomic mass is 9.95. The molecule has 15 heteroatoms. The molecular formula is C88H106N2O4S9. The van der Waals surface area contributed by atoms with Crippen LogP contribution < -0.4 is 0 Å². The third-order valence-electron chi connectivity index (χ3n) is 21.2. The molecule has 11 heterocycles. The molecule has 0 aliphatic carbocycles. The maximum Gasteiger partial charge on any atom is 0.263 e. The van der Waals surface area contributed by atoms with Gasteiger partial charge in [0.15, 0.2) is 0 Å². The van der Waals surface area contributed by atoms with E-state index in [1.807, 2.05) is 63.6 Å². The molecule has 0 saturated carbocycles. The number of hydrogen-bond donors (Lipinski definition) is 0. The number of aryl methyl sites for hydroxylation is 2. The SMILES string of the molecule is CCCCCCCCCCCCN1C(=O)c2c(C)sc(-c3ccc(-c4sc(-c5cc6c(-c7ccc(/C=C/c8ccc(CC(CC)CCCC)s8)s7)c7sc(C)cc7c(-c7ccc(/C=C/c8ccc(CC(CC)CCCC)s8)s7)c6s5)c5c4C(=O)N(CCCCCCCCCCCC)C5=O)s3)c2C1=O. The first kappa shape index (κ1) is 77.4. The number of rotatable bonds is 43. The highest BCUT2D eigenvalue weighted by Gasteiger charge is 2.44. The quantitative estimate of drug-likeness (QED) is 0.0282. The Morgan fingerprint density at radius 3 is 1.16 bits per heavy atom. The smallest absolute Gasteiger partial charge is 0.263 e. The highest BCUT2D eigenvalue weighted by atomic mass is 32.1. The van der Waals surface area contributed by atoms with Gasteiger partial charge in [0.05, 0.1) is 36.9 Å². The summed E-state index contributed by atoms with van der Waals surface area (Å²) in [7, 11) is 0. The molecule has 0 fully saturated rings. The summed E-state index contributed by atoms with van der Waals surface area (Å²) in [5.41, 5.74) is 4.48. The van der Waals surface area contributed by atoms with Gasteiger partial charge in [0.2, 0.25) is 0 Å². The van der Waals surface area contributed by atoms with Crippen LogP contribution in [0.2, 0.25) is 0 Å². The lowest BCUT2D eigenvalue weighted by molar-refractivity contribution is 0.0636. The van der Waals surface area contributed by atoms with E-state index >= 15 is 9.59 Å². The van der Waals surface area contributed by atoms with Crippen LogP contribution in [-0.4, -0.2) is 46.5 Å². The molecule has 0 radical (unpaired) electrons. The van der Waals surface area contributed by atoms with Gasteiger partial charge in [-0.25, -0.2) is 0 Å². The van der Waals surface area contributed by atoms with Crippen molar-refractivity contribution in [2.75, 3.05) is 13.1 Å². The normalized spacial score (nSPS) is 14.0. The second-order valence-corrected chi connectivity index (χ2v) is 39.2. The Morgan fingerprint density at radius 1 is 0.330 bits per heavy atom. The number of thiophene rings is 9. The molecule has 10 aromatic rings. The first-order chi connectivity index (χ1) is 50.3.